The van der Waals surface area contributed by atoms with Crippen molar-refractivity contribution in [2.45, 2.75) is 26.0 Å². The van der Waals surface area contributed by atoms with Crippen LogP contribution in [0.5, 0.6) is 11.5 Å². The lowest BCUT2D eigenvalue weighted by Crippen LogP contribution is -2.16. The van der Waals surface area contributed by atoms with Crippen LogP contribution in [-0.2, 0) is 6.61 Å². The molecule has 112 valence electrons. The Morgan fingerprint density at radius 1 is 1.00 bits per heavy atom. The highest BCUT2D eigenvalue weighted by atomic mass is 16.5. The van der Waals surface area contributed by atoms with E-state index >= 15 is 0 Å². The van der Waals surface area contributed by atoms with Crippen LogP contribution < -0.4 is 14.8 Å². The zero-order valence-electron chi connectivity index (χ0n) is 12.9. The fourth-order valence-corrected chi connectivity index (χ4v) is 2.46. The molecule has 0 fully saturated rings. The SMILES string of the molecule is CCC(NC)c1ccccc1OCc1ccccc1OC. The summed E-state index contributed by atoms with van der Waals surface area (Å²) in [7, 11) is 3.66. The summed E-state index contributed by atoms with van der Waals surface area (Å²) >= 11 is 0. The van der Waals surface area contributed by atoms with E-state index in [0.29, 0.717) is 12.6 Å². The van der Waals surface area contributed by atoms with Crippen molar-refractivity contribution in [2.75, 3.05) is 14.2 Å². The van der Waals surface area contributed by atoms with E-state index in [4.69, 9.17) is 9.47 Å². The molecule has 3 nitrogen and oxygen atoms in total. The molecule has 0 amide bonds. The number of ether oxygens (including phenoxy) is 2. The molecule has 1 unspecified atom stereocenters. The molecule has 0 bridgehead atoms. The molecule has 0 heterocycles. The van der Waals surface area contributed by atoms with Gasteiger partial charge in [-0.1, -0.05) is 43.3 Å². The van der Waals surface area contributed by atoms with Gasteiger partial charge in [-0.05, 0) is 25.6 Å². The largest absolute Gasteiger partial charge is 0.496 e. The number of nitrogens with one attached hydrogen (secondary N) is 1. The standard InChI is InChI=1S/C18H23NO2/c1-4-16(19-2)15-10-6-8-12-18(15)21-13-14-9-5-7-11-17(14)20-3/h5-12,16,19H,4,13H2,1-3H3. The molecule has 2 aromatic rings. The van der Waals surface area contributed by atoms with Gasteiger partial charge >= 0.3 is 0 Å². The maximum atomic E-state index is 6.03. The Bertz CT molecular complexity index is 565. The van der Waals surface area contributed by atoms with Gasteiger partial charge < -0.3 is 14.8 Å². The lowest BCUT2D eigenvalue weighted by Gasteiger charge is -2.19. The summed E-state index contributed by atoms with van der Waals surface area (Å²) in [6.07, 6.45) is 1.02. The van der Waals surface area contributed by atoms with Crippen molar-refractivity contribution in [2.24, 2.45) is 0 Å². The van der Waals surface area contributed by atoms with Gasteiger partial charge in [-0.25, -0.2) is 0 Å². The second kappa shape index (κ2) is 7.70. The molecule has 3 heteroatoms. The minimum atomic E-state index is 0.305. The molecule has 0 radical (unpaired) electrons. The molecular weight excluding hydrogens is 262 g/mol. The average molecular weight is 285 g/mol. The summed E-state index contributed by atoms with van der Waals surface area (Å²) in [5.74, 6) is 1.78. The fraction of sp³-hybridized carbons (Fsp3) is 0.333. The topological polar surface area (TPSA) is 30.5 Å². The second-order valence-electron chi connectivity index (χ2n) is 4.89. The highest BCUT2D eigenvalue weighted by Gasteiger charge is 2.12. The van der Waals surface area contributed by atoms with E-state index in [1.54, 1.807) is 7.11 Å². The summed E-state index contributed by atoms with van der Waals surface area (Å²) in [6.45, 7) is 2.67. The number of benzene rings is 2. The van der Waals surface area contributed by atoms with Gasteiger partial charge in [-0.15, -0.1) is 0 Å². The van der Waals surface area contributed by atoms with Crippen LogP contribution in [0.4, 0.5) is 0 Å². The first kappa shape index (κ1) is 15.4. The number of para-hydroxylation sites is 2. The van der Waals surface area contributed by atoms with Crippen molar-refractivity contribution < 1.29 is 9.47 Å². The van der Waals surface area contributed by atoms with Crippen molar-refractivity contribution in [1.82, 2.24) is 5.32 Å². The minimum absolute atomic E-state index is 0.305. The van der Waals surface area contributed by atoms with E-state index in [1.165, 1.54) is 5.56 Å². The third kappa shape index (κ3) is 3.76. The first-order chi connectivity index (χ1) is 10.3. The van der Waals surface area contributed by atoms with Gasteiger partial charge in [0.15, 0.2) is 0 Å². The van der Waals surface area contributed by atoms with Gasteiger partial charge in [0.25, 0.3) is 0 Å². The highest BCUT2D eigenvalue weighted by Crippen LogP contribution is 2.28. The molecule has 0 aromatic heterocycles. The first-order valence-electron chi connectivity index (χ1n) is 7.31. The lowest BCUT2D eigenvalue weighted by atomic mass is 10.0. The predicted octanol–water partition coefficient (Wildman–Crippen LogP) is 3.94. The summed E-state index contributed by atoms with van der Waals surface area (Å²) in [4.78, 5) is 0. The van der Waals surface area contributed by atoms with Gasteiger partial charge in [-0.3, -0.25) is 0 Å². The van der Waals surface area contributed by atoms with Crippen LogP contribution in [-0.4, -0.2) is 14.2 Å². The van der Waals surface area contributed by atoms with Crippen LogP contribution in [0.2, 0.25) is 0 Å². The Hall–Kier alpha value is -2.00. The van der Waals surface area contributed by atoms with E-state index in [0.717, 1.165) is 23.5 Å². The smallest absolute Gasteiger partial charge is 0.125 e. The molecule has 0 aliphatic heterocycles. The zero-order chi connectivity index (χ0) is 15.1. The number of hydrogen-bond acceptors (Lipinski definition) is 3. The Labute approximate surface area is 126 Å². The van der Waals surface area contributed by atoms with E-state index in [-0.39, 0.29) is 0 Å². The molecule has 0 aliphatic carbocycles. The average Bonchev–Trinajstić information content (AvgIpc) is 2.55. The molecule has 0 saturated heterocycles. The third-order valence-electron chi connectivity index (χ3n) is 3.63. The van der Waals surface area contributed by atoms with Gasteiger partial charge in [0.1, 0.15) is 18.1 Å². The normalized spacial score (nSPS) is 12.0. The molecule has 2 aromatic carbocycles. The van der Waals surface area contributed by atoms with E-state index < -0.39 is 0 Å². The van der Waals surface area contributed by atoms with Crippen molar-refractivity contribution in [3.8, 4) is 11.5 Å². The van der Waals surface area contributed by atoms with Gasteiger partial charge in [0, 0.05) is 17.2 Å². The fourth-order valence-electron chi connectivity index (χ4n) is 2.46. The van der Waals surface area contributed by atoms with Crippen LogP contribution in [0.1, 0.15) is 30.5 Å². The molecule has 0 saturated carbocycles. The highest BCUT2D eigenvalue weighted by molar-refractivity contribution is 5.37. The maximum Gasteiger partial charge on any atom is 0.125 e. The van der Waals surface area contributed by atoms with Gasteiger partial charge in [0.05, 0.1) is 7.11 Å². The van der Waals surface area contributed by atoms with Crippen molar-refractivity contribution in [3.05, 3.63) is 59.7 Å². The Morgan fingerprint density at radius 2 is 1.67 bits per heavy atom. The van der Waals surface area contributed by atoms with Crippen molar-refractivity contribution in [1.29, 1.82) is 0 Å². The first-order valence-corrected chi connectivity index (χ1v) is 7.31. The number of hydrogen-bond donors (Lipinski definition) is 1. The van der Waals surface area contributed by atoms with E-state index in [1.807, 2.05) is 49.5 Å². The van der Waals surface area contributed by atoms with Gasteiger partial charge in [0.2, 0.25) is 0 Å². The van der Waals surface area contributed by atoms with Gasteiger partial charge in [-0.2, -0.15) is 0 Å². The van der Waals surface area contributed by atoms with Crippen molar-refractivity contribution >= 4 is 0 Å². The summed E-state index contributed by atoms with van der Waals surface area (Å²) < 4.78 is 11.4. The van der Waals surface area contributed by atoms with Crippen LogP contribution in [0.15, 0.2) is 48.5 Å². The van der Waals surface area contributed by atoms with Crippen LogP contribution >= 0.6 is 0 Å². The number of rotatable bonds is 7. The lowest BCUT2D eigenvalue weighted by molar-refractivity contribution is 0.290. The van der Waals surface area contributed by atoms with E-state index in [2.05, 4.69) is 18.3 Å². The second-order valence-corrected chi connectivity index (χ2v) is 4.89. The Morgan fingerprint density at radius 3 is 2.33 bits per heavy atom. The molecular formula is C18H23NO2. The summed E-state index contributed by atoms with van der Waals surface area (Å²) in [5.41, 5.74) is 2.24. The number of methoxy groups -OCH3 is 1. The minimum Gasteiger partial charge on any atom is -0.496 e. The molecule has 0 spiro atoms. The van der Waals surface area contributed by atoms with Crippen molar-refractivity contribution in [3.63, 3.8) is 0 Å². The molecule has 1 atom stereocenters. The third-order valence-corrected chi connectivity index (χ3v) is 3.63. The zero-order valence-corrected chi connectivity index (χ0v) is 12.9. The van der Waals surface area contributed by atoms with Crippen LogP contribution in [0.25, 0.3) is 0 Å². The van der Waals surface area contributed by atoms with E-state index in [9.17, 15) is 0 Å². The summed E-state index contributed by atoms with van der Waals surface area (Å²) in [5, 5.41) is 3.32. The Kier molecular flexibility index (Phi) is 5.64. The molecule has 21 heavy (non-hydrogen) atoms. The quantitative estimate of drug-likeness (QED) is 0.835. The van der Waals surface area contributed by atoms with Crippen LogP contribution in [0.3, 0.4) is 0 Å². The monoisotopic (exact) mass is 285 g/mol. The van der Waals surface area contributed by atoms with Crippen LogP contribution in [0, 0.1) is 0 Å². The summed E-state index contributed by atoms with van der Waals surface area (Å²) in [6, 6.07) is 16.4. The molecule has 2 rings (SSSR count). The molecule has 0 aliphatic rings. The predicted molar refractivity (Wildman–Crippen MR) is 85.9 cm³/mol. The Balaban J connectivity index is 2.17. The maximum absolute atomic E-state index is 6.03. The molecule has 1 N–H and O–H groups in total.